The number of benzene rings is 10. The molecule has 0 aromatic heterocycles. The highest BCUT2D eigenvalue weighted by atomic mass is 15.1. The van der Waals surface area contributed by atoms with Crippen LogP contribution < -0.4 is 4.90 Å². The Morgan fingerprint density at radius 3 is 1.41 bits per heavy atom. The lowest BCUT2D eigenvalue weighted by Gasteiger charge is -2.33. The van der Waals surface area contributed by atoms with E-state index in [2.05, 4.69) is 243 Å². The summed E-state index contributed by atoms with van der Waals surface area (Å²) in [7, 11) is 0. The van der Waals surface area contributed by atoms with Crippen LogP contribution in [0.1, 0.15) is 47.2 Å². The van der Waals surface area contributed by atoms with Crippen LogP contribution in [-0.2, 0) is 10.8 Å². The number of nitrogens with zero attached hydrogens (tertiary/aromatic N) is 1. The van der Waals surface area contributed by atoms with Crippen LogP contribution in [-0.4, -0.2) is 0 Å². The van der Waals surface area contributed by atoms with Crippen LogP contribution in [0.3, 0.4) is 0 Å². The first-order valence-electron chi connectivity index (χ1n) is 22.2. The zero-order valence-electron chi connectivity index (χ0n) is 35.3. The summed E-state index contributed by atoms with van der Waals surface area (Å²) in [5, 5.41) is 2.47. The van der Waals surface area contributed by atoms with E-state index in [0.29, 0.717) is 0 Å². The molecule has 296 valence electrons. The zero-order chi connectivity index (χ0) is 41.9. The van der Waals surface area contributed by atoms with E-state index in [9.17, 15) is 0 Å². The fourth-order valence-corrected chi connectivity index (χ4v) is 11.7. The molecule has 0 heterocycles. The first kappa shape index (κ1) is 36.0. The number of hydrogen-bond donors (Lipinski definition) is 0. The van der Waals surface area contributed by atoms with E-state index in [1.54, 1.807) is 0 Å². The van der Waals surface area contributed by atoms with Crippen LogP contribution in [0.25, 0.3) is 66.4 Å². The third kappa shape index (κ3) is 4.99. The van der Waals surface area contributed by atoms with E-state index < -0.39 is 5.41 Å². The van der Waals surface area contributed by atoms with Crippen LogP contribution in [0.4, 0.5) is 17.1 Å². The van der Waals surface area contributed by atoms with Crippen molar-refractivity contribution in [2.45, 2.75) is 24.7 Å². The summed E-state index contributed by atoms with van der Waals surface area (Å²) < 4.78 is 0. The van der Waals surface area contributed by atoms with Gasteiger partial charge in [-0.25, -0.2) is 0 Å². The van der Waals surface area contributed by atoms with Gasteiger partial charge in [0.25, 0.3) is 0 Å². The van der Waals surface area contributed by atoms with Crippen molar-refractivity contribution in [3.05, 3.63) is 258 Å². The standard InChI is InChI=1S/C62H43N/c1-61(2)53-26-12-8-21-47(53)51-35-33-44(38-57(51)61)63(59-30-16-25-46(60(59)41-18-4-3-5-19-41)43-32-31-40-17-6-7-20-42(40)37-43)45-34-36-52-50-24-11-15-29-56(50)62(58(52)39-45)54-27-13-9-22-48(54)49-23-10-14-28-55(49)62/h3-39H,1-2H3. The van der Waals surface area contributed by atoms with Crippen molar-refractivity contribution in [1.82, 2.24) is 0 Å². The maximum Gasteiger partial charge on any atom is 0.0726 e. The molecule has 0 radical (unpaired) electrons. The van der Waals surface area contributed by atoms with Crippen molar-refractivity contribution < 1.29 is 0 Å². The van der Waals surface area contributed by atoms with E-state index in [1.807, 2.05) is 0 Å². The van der Waals surface area contributed by atoms with Crippen LogP contribution in [0.5, 0.6) is 0 Å². The normalized spacial score (nSPS) is 14.1. The van der Waals surface area contributed by atoms with Crippen molar-refractivity contribution in [2.24, 2.45) is 0 Å². The van der Waals surface area contributed by atoms with Gasteiger partial charge in [-0.2, -0.15) is 0 Å². The molecule has 0 aliphatic heterocycles. The first-order valence-corrected chi connectivity index (χ1v) is 22.2. The van der Waals surface area contributed by atoms with Gasteiger partial charge in [0.2, 0.25) is 0 Å². The fraction of sp³-hybridized carbons (Fsp3) is 0.0645. The molecule has 0 N–H and O–H groups in total. The average molecular weight is 802 g/mol. The molecule has 0 atom stereocenters. The maximum absolute atomic E-state index is 2.55. The van der Waals surface area contributed by atoms with Gasteiger partial charge in [0.05, 0.1) is 11.1 Å². The summed E-state index contributed by atoms with van der Waals surface area (Å²) in [5.74, 6) is 0. The minimum Gasteiger partial charge on any atom is -0.310 e. The molecular formula is C62H43N. The van der Waals surface area contributed by atoms with Crippen molar-refractivity contribution in [3.8, 4) is 55.6 Å². The highest BCUT2D eigenvalue weighted by molar-refractivity contribution is 6.01. The Bertz CT molecular complexity index is 3430. The molecule has 0 amide bonds. The molecule has 0 fully saturated rings. The molecule has 10 aromatic rings. The van der Waals surface area contributed by atoms with Crippen molar-refractivity contribution in [2.75, 3.05) is 4.90 Å². The second-order valence-corrected chi connectivity index (χ2v) is 18.0. The second-order valence-electron chi connectivity index (χ2n) is 18.0. The Labute approximate surface area is 369 Å². The van der Waals surface area contributed by atoms with Crippen LogP contribution in [0, 0.1) is 0 Å². The Hall–Kier alpha value is -7.74. The van der Waals surface area contributed by atoms with E-state index in [0.717, 1.165) is 17.1 Å². The predicted octanol–water partition coefficient (Wildman–Crippen LogP) is 16.3. The van der Waals surface area contributed by atoms with Gasteiger partial charge in [0.1, 0.15) is 0 Å². The van der Waals surface area contributed by atoms with Gasteiger partial charge in [0.15, 0.2) is 0 Å². The summed E-state index contributed by atoms with van der Waals surface area (Å²) in [4.78, 5) is 2.55. The summed E-state index contributed by atoms with van der Waals surface area (Å²) in [5.41, 5.74) is 23.5. The SMILES string of the molecule is CC1(C)c2ccccc2-c2ccc(N(c3ccc4c(c3)C3(c5ccccc5-c5ccccc53)c3ccccc3-4)c3cccc(-c4ccc5ccccc5c4)c3-c3ccccc3)cc21. The van der Waals surface area contributed by atoms with E-state index in [4.69, 9.17) is 0 Å². The molecule has 63 heavy (non-hydrogen) atoms. The first-order chi connectivity index (χ1) is 31.0. The van der Waals surface area contributed by atoms with E-state index >= 15 is 0 Å². The number of fused-ring (bicyclic) bond motifs is 14. The van der Waals surface area contributed by atoms with Gasteiger partial charge in [0, 0.05) is 22.4 Å². The molecule has 1 spiro atoms. The minimum absolute atomic E-state index is 0.163. The third-order valence-electron chi connectivity index (χ3n) is 14.5. The molecular weight excluding hydrogens is 759 g/mol. The van der Waals surface area contributed by atoms with Gasteiger partial charge < -0.3 is 4.90 Å². The second kappa shape index (κ2) is 13.4. The number of rotatable bonds is 5. The van der Waals surface area contributed by atoms with Gasteiger partial charge in [-0.05, 0) is 131 Å². The van der Waals surface area contributed by atoms with Gasteiger partial charge >= 0.3 is 0 Å². The van der Waals surface area contributed by atoms with Gasteiger partial charge in [-0.3, -0.25) is 0 Å². The molecule has 0 unspecified atom stereocenters. The van der Waals surface area contributed by atoms with Crippen molar-refractivity contribution in [1.29, 1.82) is 0 Å². The van der Waals surface area contributed by atoms with Crippen molar-refractivity contribution in [3.63, 3.8) is 0 Å². The summed E-state index contributed by atoms with van der Waals surface area (Å²) in [6, 6.07) is 84.2. The largest absolute Gasteiger partial charge is 0.310 e. The lowest BCUT2D eigenvalue weighted by atomic mass is 9.70. The van der Waals surface area contributed by atoms with E-state index in [-0.39, 0.29) is 5.41 Å². The topological polar surface area (TPSA) is 3.24 Å². The molecule has 0 saturated heterocycles. The monoisotopic (exact) mass is 801 g/mol. The molecule has 3 aliphatic carbocycles. The third-order valence-corrected chi connectivity index (χ3v) is 14.5. The van der Waals surface area contributed by atoms with Crippen LogP contribution in [0.15, 0.2) is 224 Å². The quantitative estimate of drug-likeness (QED) is 0.168. The van der Waals surface area contributed by atoms with Crippen LogP contribution in [0.2, 0.25) is 0 Å². The highest BCUT2D eigenvalue weighted by Crippen LogP contribution is 2.63. The number of anilines is 3. The predicted molar refractivity (Wildman–Crippen MR) is 263 cm³/mol. The molecule has 1 nitrogen and oxygen atoms in total. The minimum atomic E-state index is -0.461. The highest BCUT2D eigenvalue weighted by Gasteiger charge is 2.51. The molecule has 13 rings (SSSR count). The Morgan fingerprint density at radius 1 is 0.302 bits per heavy atom. The zero-order valence-corrected chi connectivity index (χ0v) is 35.3. The van der Waals surface area contributed by atoms with Crippen LogP contribution >= 0.6 is 0 Å². The maximum atomic E-state index is 2.55. The number of hydrogen-bond acceptors (Lipinski definition) is 1. The molecule has 3 aliphatic rings. The smallest absolute Gasteiger partial charge is 0.0726 e. The molecule has 10 aromatic carbocycles. The average Bonchev–Trinajstić information content (AvgIpc) is 3.90. The molecule has 0 bridgehead atoms. The lowest BCUT2D eigenvalue weighted by Crippen LogP contribution is -2.26. The molecule has 1 heteroatoms. The Morgan fingerprint density at radius 2 is 0.778 bits per heavy atom. The molecule has 0 saturated carbocycles. The van der Waals surface area contributed by atoms with Gasteiger partial charge in [-0.15, -0.1) is 0 Å². The Balaban J connectivity index is 1.11. The summed E-state index contributed by atoms with van der Waals surface area (Å²) >= 11 is 0. The van der Waals surface area contributed by atoms with Gasteiger partial charge in [-0.1, -0.05) is 202 Å². The fourth-order valence-electron chi connectivity index (χ4n) is 11.7. The summed E-state index contributed by atoms with van der Waals surface area (Å²) in [6.45, 7) is 4.76. The summed E-state index contributed by atoms with van der Waals surface area (Å²) in [6.07, 6.45) is 0. The van der Waals surface area contributed by atoms with Crippen molar-refractivity contribution >= 4 is 27.8 Å². The Kier molecular flexibility index (Phi) is 7.64. The van der Waals surface area contributed by atoms with E-state index in [1.165, 1.54) is 99.8 Å². The lowest BCUT2D eigenvalue weighted by molar-refractivity contribution is 0.660.